The zero-order valence-electron chi connectivity index (χ0n) is 14.0. The molecule has 0 fully saturated rings. The van der Waals surface area contributed by atoms with Gasteiger partial charge in [0.15, 0.2) is 0 Å². The number of nitrogens with one attached hydrogen (secondary N) is 3. The van der Waals surface area contributed by atoms with Crippen LogP contribution in [0, 0.1) is 0 Å². The molecule has 1 aromatic heterocycles. The highest BCUT2D eigenvalue weighted by Crippen LogP contribution is 2.12. The van der Waals surface area contributed by atoms with Crippen LogP contribution >= 0.6 is 0 Å². The van der Waals surface area contributed by atoms with Crippen molar-refractivity contribution in [3.63, 3.8) is 0 Å². The number of carbonyl (C=O) groups excluding carboxylic acids is 2. The highest BCUT2D eigenvalue weighted by molar-refractivity contribution is 6.04. The Morgan fingerprint density at radius 1 is 0.808 bits per heavy atom. The summed E-state index contributed by atoms with van der Waals surface area (Å²) in [4.78, 5) is 28.0. The van der Waals surface area contributed by atoms with Crippen molar-refractivity contribution in [1.82, 2.24) is 10.3 Å². The summed E-state index contributed by atoms with van der Waals surface area (Å²) in [6, 6.07) is 19.5. The number of rotatable bonds is 5. The van der Waals surface area contributed by atoms with Crippen molar-refractivity contribution in [2.24, 2.45) is 0 Å². The van der Waals surface area contributed by atoms with E-state index in [2.05, 4.69) is 20.9 Å². The summed E-state index contributed by atoms with van der Waals surface area (Å²) in [5, 5.41) is 8.37. The molecule has 2 aromatic carbocycles. The maximum atomic E-state index is 12.2. The molecular formula is C20H18N4O2. The van der Waals surface area contributed by atoms with E-state index in [-0.39, 0.29) is 11.9 Å². The van der Waals surface area contributed by atoms with E-state index in [0.29, 0.717) is 17.8 Å². The van der Waals surface area contributed by atoms with Crippen LogP contribution in [0.2, 0.25) is 0 Å². The summed E-state index contributed by atoms with van der Waals surface area (Å²) in [5.74, 6) is -0.209. The molecule has 0 atom stereocenters. The topological polar surface area (TPSA) is 83.1 Å². The summed E-state index contributed by atoms with van der Waals surface area (Å²) >= 11 is 0. The number of hydrogen-bond acceptors (Lipinski definition) is 3. The SMILES string of the molecule is O=C(NCc1cccc(NC(=O)c2ccncc2)c1)Nc1ccccc1. The fourth-order valence-electron chi connectivity index (χ4n) is 2.34. The zero-order valence-corrected chi connectivity index (χ0v) is 14.0. The second kappa shape index (κ2) is 8.43. The normalized spacial score (nSPS) is 10.0. The van der Waals surface area contributed by atoms with Gasteiger partial charge in [0.1, 0.15) is 0 Å². The van der Waals surface area contributed by atoms with Gasteiger partial charge in [-0.25, -0.2) is 4.79 Å². The van der Waals surface area contributed by atoms with E-state index in [0.717, 1.165) is 11.3 Å². The van der Waals surface area contributed by atoms with Gasteiger partial charge in [-0.05, 0) is 42.0 Å². The number of urea groups is 1. The zero-order chi connectivity index (χ0) is 18.2. The van der Waals surface area contributed by atoms with Gasteiger partial charge in [0.2, 0.25) is 0 Å². The van der Waals surface area contributed by atoms with Gasteiger partial charge in [-0.3, -0.25) is 9.78 Å². The Labute approximate surface area is 151 Å². The fourth-order valence-corrected chi connectivity index (χ4v) is 2.34. The number of carbonyl (C=O) groups is 2. The van der Waals surface area contributed by atoms with Gasteiger partial charge in [0.25, 0.3) is 5.91 Å². The molecule has 3 aromatic rings. The van der Waals surface area contributed by atoms with Crippen LogP contribution in [0.3, 0.4) is 0 Å². The van der Waals surface area contributed by atoms with Gasteiger partial charge in [0, 0.05) is 35.9 Å². The molecule has 3 N–H and O–H groups in total. The Kier molecular flexibility index (Phi) is 5.57. The van der Waals surface area contributed by atoms with Gasteiger partial charge in [-0.15, -0.1) is 0 Å². The molecule has 0 aliphatic heterocycles. The molecule has 0 bridgehead atoms. The minimum absolute atomic E-state index is 0.209. The molecule has 0 aliphatic rings. The van der Waals surface area contributed by atoms with Crippen molar-refractivity contribution < 1.29 is 9.59 Å². The molecule has 0 unspecified atom stereocenters. The molecule has 130 valence electrons. The molecule has 0 saturated heterocycles. The molecular weight excluding hydrogens is 328 g/mol. The summed E-state index contributed by atoms with van der Waals surface area (Å²) in [6.07, 6.45) is 3.14. The Hall–Kier alpha value is -3.67. The predicted octanol–water partition coefficient (Wildman–Crippen LogP) is 3.66. The third-order valence-electron chi connectivity index (χ3n) is 3.61. The molecule has 6 heteroatoms. The van der Waals surface area contributed by atoms with E-state index in [1.54, 1.807) is 30.6 Å². The smallest absolute Gasteiger partial charge is 0.319 e. The Bertz CT molecular complexity index is 883. The minimum atomic E-state index is -0.289. The number of pyridine rings is 1. The van der Waals surface area contributed by atoms with Gasteiger partial charge < -0.3 is 16.0 Å². The first-order valence-electron chi connectivity index (χ1n) is 8.11. The maximum Gasteiger partial charge on any atom is 0.319 e. The van der Waals surface area contributed by atoms with E-state index >= 15 is 0 Å². The molecule has 1 heterocycles. The summed E-state index contributed by atoms with van der Waals surface area (Å²) in [7, 11) is 0. The maximum absolute atomic E-state index is 12.2. The van der Waals surface area contributed by atoms with E-state index in [1.165, 1.54) is 0 Å². The number of hydrogen-bond donors (Lipinski definition) is 3. The number of para-hydroxylation sites is 1. The molecule has 3 amide bonds. The van der Waals surface area contributed by atoms with Crippen molar-refractivity contribution in [3.05, 3.63) is 90.3 Å². The van der Waals surface area contributed by atoms with Crippen LogP contribution in [-0.4, -0.2) is 16.9 Å². The largest absolute Gasteiger partial charge is 0.334 e. The fraction of sp³-hybridized carbons (Fsp3) is 0.0500. The van der Waals surface area contributed by atoms with E-state index < -0.39 is 0 Å². The number of anilines is 2. The second-order valence-electron chi connectivity index (χ2n) is 5.56. The molecule has 6 nitrogen and oxygen atoms in total. The lowest BCUT2D eigenvalue weighted by Gasteiger charge is -2.10. The first-order chi connectivity index (χ1) is 12.7. The average molecular weight is 346 g/mol. The Balaban J connectivity index is 1.55. The lowest BCUT2D eigenvalue weighted by atomic mass is 10.2. The lowest BCUT2D eigenvalue weighted by Crippen LogP contribution is -2.28. The Morgan fingerprint density at radius 3 is 2.31 bits per heavy atom. The van der Waals surface area contributed by atoms with Crippen molar-refractivity contribution in [1.29, 1.82) is 0 Å². The van der Waals surface area contributed by atoms with Crippen LogP contribution < -0.4 is 16.0 Å². The summed E-state index contributed by atoms with van der Waals surface area (Å²) in [6.45, 7) is 0.345. The van der Waals surface area contributed by atoms with Crippen molar-refractivity contribution in [2.45, 2.75) is 6.54 Å². The van der Waals surface area contributed by atoms with Crippen LogP contribution in [0.25, 0.3) is 0 Å². The van der Waals surface area contributed by atoms with E-state index in [1.807, 2.05) is 48.5 Å². The molecule has 0 aliphatic carbocycles. The number of benzene rings is 2. The van der Waals surface area contributed by atoms with Gasteiger partial charge in [-0.2, -0.15) is 0 Å². The molecule has 26 heavy (non-hydrogen) atoms. The number of aromatic nitrogens is 1. The van der Waals surface area contributed by atoms with Crippen LogP contribution in [0.5, 0.6) is 0 Å². The molecule has 0 saturated carbocycles. The second-order valence-corrected chi connectivity index (χ2v) is 5.56. The van der Waals surface area contributed by atoms with E-state index in [9.17, 15) is 9.59 Å². The van der Waals surface area contributed by atoms with Crippen LogP contribution in [-0.2, 0) is 6.54 Å². The van der Waals surface area contributed by atoms with Crippen molar-refractivity contribution >= 4 is 23.3 Å². The number of amides is 3. The van der Waals surface area contributed by atoms with Crippen LogP contribution in [0.15, 0.2) is 79.1 Å². The Morgan fingerprint density at radius 2 is 1.54 bits per heavy atom. The number of nitrogens with zero attached hydrogens (tertiary/aromatic N) is 1. The van der Waals surface area contributed by atoms with Crippen LogP contribution in [0.1, 0.15) is 15.9 Å². The molecule has 0 radical (unpaired) electrons. The van der Waals surface area contributed by atoms with Crippen molar-refractivity contribution in [2.75, 3.05) is 10.6 Å². The third-order valence-corrected chi connectivity index (χ3v) is 3.61. The average Bonchev–Trinajstić information content (AvgIpc) is 2.68. The first kappa shape index (κ1) is 17.2. The standard InChI is InChI=1S/C20H18N4O2/c25-19(16-9-11-21-12-10-16)23-18-8-4-5-15(13-18)14-22-20(26)24-17-6-2-1-3-7-17/h1-13H,14H2,(H,23,25)(H2,22,24,26). The predicted molar refractivity (Wildman–Crippen MR) is 101 cm³/mol. The first-order valence-corrected chi connectivity index (χ1v) is 8.11. The molecule has 3 rings (SSSR count). The van der Waals surface area contributed by atoms with E-state index in [4.69, 9.17) is 0 Å². The quantitative estimate of drug-likeness (QED) is 0.659. The van der Waals surface area contributed by atoms with Crippen molar-refractivity contribution in [3.8, 4) is 0 Å². The molecule has 0 spiro atoms. The van der Waals surface area contributed by atoms with Gasteiger partial charge >= 0.3 is 6.03 Å². The highest BCUT2D eigenvalue weighted by Gasteiger charge is 2.06. The highest BCUT2D eigenvalue weighted by atomic mass is 16.2. The summed E-state index contributed by atoms with van der Waals surface area (Å²) in [5.41, 5.74) is 2.80. The van der Waals surface area contributed by atoms with Gasteiger partial charge in [0.05, 0.1) is 0 Å². The third kappa shape index (κ3) is 4.91. The van der Waals surface area contributed by atoms with Gasteiger partial charge in [-0.1, -0.05) is 30.3 Å². The minimum Gasteiger partial charge on any atom is -0.334 e. The monoisotopic (exact) mass is 346 g/mol. The van der Waals surface area contributed by atoms with Crippen LogP contribution in [0.4, 0.5) is 16.2 Å². The lowest BCUT2D eigenvalue weighted by molar-refractivity contribution is 0.102. The summed E-state index contributed by atoms with van der Waals surface area (Å²) < 4.78 is 0.